The second-order valence-corrected chi connectivity index (χ2v) is 6.96. The summed E-state index contributed by atoms with van der Waals surface area (Å²) in [4.78, 5) is 16.3. The predicted octanol–water partition coefficient (Wildman–Crippen LogP) is 2.73. The summed E-state index contributed by atoms with van der Waals surface area (Å²) in [5, 5.41) is 10.5. The lowest BCUT2D eigenvalue weighted by Gasteiger charge is -2.34. The Bertz CT molecular complexity index is 1010. The quantitative estimate of drug-likeness (QED) is 0.745. The Morgan fingerprint density at radius 2 is 2.07 bits per heavy atom. The average Bonchev–Trinajstić information content (AvgIpc) is 2.72. The number of aryl methyl sites for hydroxylation is 1. The molecule has 28 heavy (non-hydrogen) atoms. The Morgan fingerprint density at radius 3 is 2.82 bits per heavy atom. The second-order valence-electron chi connectivity index (χ2n) is 6.96. The Labute approximate surface area is 164 Å². The Kier molecular flexibility index (Phi) is 5.11. The van der Waals surface area contributed by atoms with Crippen molar-refractivity contribution in [3.63, 3.8) is 0 Å². The van der Waals surface area contributed by atoms with Gasteiger partial charge in [-0.15, -0.1) is 0 Å². The van der Waals surface area contributed by atoms with E-state index in [2.05, 4.69) is 16.8 Å². The molecule has 4 rings (SSSR count). The number of nitrogens with zero attached hydrogens (tertiary/aromatic N) is 4. The molecule has 0 bridgehead atoms. The summed E-state index contributed by atoms with van der Waals surface area (Å²) in [7, 11) is 1.59. The molecular weight excluding hydrogens is 356 g/mol. The van der Waals surface area contributed by atoms with Gasteiger partial charge in [0.15, 0.2) is 5.65 Å². The number of fused-ring (bicyclic) bond motifs is 1. The van der Waals surface area contributed by atoms with Gasteiger partial charge in [-0.2, -0.15) is 0 Å². The molecule has 1 aromatic carbocycles. The summed E-state index contributed by atoms with van der Waals surface area (Å²) in [6.07, 6.45) is 0. The number of rotatable bonds is 4. The van der Waals surface area contributed by atoms with E-state index in [1.807, 2.05) is 37.3 Å². The summed E-state index contributed by atoms with van der Waals surface area (Å²) >= 11 is 0. The van der Waals surface area contributed by atoms with Crippen LogP contribution in [0.1, 0.15) is 18.3 Å². The fraction of sp³-hybridized carbons (Fsp3) is 0.381. The minimum absolute atomic E-state index is 0.0923. The Hall–Kier alpha value is -2.77. The summed E-state index contributed by atoms with van der Waals surface area (Å²) in [5.74, 6) is 2.26. The van der Waals surface area contributed by atoms with E-state index in [0.717, 1.165) is 34.6 Å². The van der Waals surface area contributed by atoms with Gasteiger partial charge in [-0.1, -0.05) is 0 Å². The standard InChI is InChI=1S/C21H24N4O3/c1-13-12-28-9-8-25(13)21-17-5-6-18(24-20(17)22-14(2)23-21)15-4-7-19(27-3)16(10-15)11-26/h4-7,10,13,26H,8-9,11-12H2,1-3H3. The number of morpholine rings is 1. The van der Waals surface area contributed by atoms with Crippen molar-refractivity contribution in [2.75, 3.05) is 31.8 Å². The predicted molar refractivity (Wildman–Crippen MR) is 108 cm³/mol. The number of methoxy groups -OCH3 is 1. The number of hydrogen-bond donors (Lipinski definition) is 1. The molecule has 146 valence electrons. The molecule has 1 aliphatic rings. The first kappa shape index (κ1) is 18.6. The number of anilines is 1. The number of benzene rings is 1. The highest BCUT2D eigenvalue weighted by molar-refractivity contribution is 5.89. The molecule has 2 aromatic heterocycles. The monoisotopic (exact) mass is 380 g/mol. The largest absolute Gasteiger partial charge is 0.496 e. The zero-order valence-electron chi connectivity index (χ0n) is 16.3. The zero-order valence-corrected chi connectivity index (χ0v) is 16.3. The van der Waals surface area contributed by atoms with Crippen LogP contribution in [0.25, 0.3) is 22.3 Å². The molecule has 1 saturated heterocycles. The van der Waals surface area contributed by atoms with E-state index in [1.165, 1.54) is 0 Å². The molecule has 1 fully saturated rings. The Morgan fingerprint density at radius 1 is 1.21 bits per heavy atom. The maximum absolute atomic E-state index is 9.60. The van der Waals surface area contributed by atoms with Crippen LogP contribution in [0.3, 0.4) is 0 Å². The number of aromatic nitrogens is 3. The normalized spacial score (nSPS) is 17.1. The van der Waals surface area contributed by atoms with Crippen LogP contribution >= 0.6 is 0 Å². The number of aliphatic hydroxyl groups is 1. The van der Waals surface area contributed by atoms with Gasteiger partial charge in [0, 0.05) is 17.7 Å². The van der Waals surface area contributed by atoms with Crippen molar-refractivity contribution in [3.8, 4) is 17.0 Å². The Balaban J connectivity index is 1.80. The van der Waals surface area contributed by atoms with E-state index in [4.69, 9.17) is 19.4 Å². The van der Waals surface area contributed by atoms with Crippen LogP contribution < -0.4 is 9.64 Å². The van der Waals surface area contributed by atoms with Crippen molar-refractivity contribution in [1.82, 2.24) is 15.0 Å². The molecule has 3 heterocycles. The summed E-state index contributed by atoms with van der Waals surface area (Å²) in [6, 6.07) is 9.92. The molecule has 1 atom stereocenters. The van der Waals surface area contributed by atoms with Gasteiger partial charge in [-0.25, -0.2) is 15.0 Å². The molecule has 0 amide bonds. The van der Waals surface area contributed by atoms with Crippen molar-refractivity contribution in [3.05, 3.63) is 41.7 Å². The fourth-order valence-electron chi connectivity index (χ4n) is 3.58. The molecule has 1 aliphatic heterocycles. The van der Waals surface area contributed by atoms with E-state index in [9.17, 15) is 5.11 Å². The molecule has 1 unspecified atom stereocenters. The first-order chi connectivity index (χ1) is 13.6. The molecule has 0 radical (unpaired) electrons. The highest BCUT2D eigenvalue weighted by Gasteiger charge is 2.23. The number of hydrogen-bond acceptors (Lipinski definition) is 7. The van der Waals surface area contributed by atoms with Crippen molar-refractivity contribution >= 4 is 16.9 Å². The van der Waals surface area contributed by atoms with Crippen LogP contribution in [0.15, 0.2) is 30.3 Å². The van der Waals surface area contributed by atoms with E-state index < -0.39 is 0 Å². The van der Waals surface area contributed by atoms with Crippen molar-refractivity contribution in [1.29, 1.82) is 0 Å². The summed E-state index contributed by atoms with van der Waals surface area (Å²) in [5.41, 5.74) is 3.09. The SMILES string of the molecule is COc1ccc(-c2ccc3c(N4CCOCC4C)nc(C)nc3n2)cc1CO. The van der Waals surface area contributed by atoms with Gasteiger partial charge >= 0.3 is 0 Å². The molecule has 1 N–H and O–H groups in total. The van der Waals surface area contributed by atoms with Crippen LogP contribution in [-0.4, -0.2) is 53.0 Å². The fourth-order valence-corrected chi connectivity index (χ4v) is 3.58. The van der Waals surface area contributed by atoms with Crippen molar-refractivity contribution in [2.45, 2.75) is 26.5 Å². The minimum Gasteiger partial charge on any atom is -0.496 e. The topological polar surface area (TPSA) is 80.6 Å². The lowest BCUT2D eigenvalue weighted by atomic mass is 10.1. The number of aliphatic hydroxyl groups excluding tert-OH is 1. The average molecular weight is 380 g/mol. The lowest BCUT2D eigenvalue weighted by Crippen LogP contribution is -2.44. The van der Waals surface area contributed by atoms with Crippen LogP contribution in [0.2, 0.25) is 0 Å². The van der Waals surface area contributed by atoms with Gasteiger partial charge in [0.2, 0.25) is 0 Å². The number of pyridine rings is 1. The smallest absolute Gasteiger partial charge is 0.165 e. The highest BCUT2D eigenvalue weighted by atomic mass is 16.5. The van der Waals surface area contributed by atoms with Gasteiger partial charge in [0.25, 0.3) is 0 Å². The van der Waals surface area contributed by atoms with E-state index in [0.29, 0.717) is 30.4 Å². The van der Waals surface area contributed by atoms with Gasteiger partial charge in [0.1, 0.15) is 17.4 Å². The summed E-state index contributed by atoms with van der Waals surface area (Å²) in [6.45, 7) is 6.11. The van der Waals surface area contributed by atoms with E-state index >= 15 is 0 Å². The first-order valence-corrected chi connectivity index (χ1v) is 9.38. The van der Waals surface area contributed by atoms with Crippen LogP contribution in [0.4, 0.5) is 5.82 Å². The van der Waals surface area contributed by atoms with Crippen LogP contribution in [-0.2, 0) is 11.3 Å². The van der Waals surface area contributed by atoms with Crippen molar-refractivity contribution in [2.24, 2.45) is 0 Å². The van der Waals surface area contributed by atoms with Crippen molar-refractivity contribution < 1.29 is 14.6 Å². The van der Waals surface area contributed by atoms with E-state index in [-0.39, 0.29) is 12.6 Å². The zero-order chi connectivity index (χ0) is 19.7. The third-order valence-corrected chi connectivity index (χ3v) is 5.04. The second kappa shape index (κ2) is 7.69. The van der Waals surface area contributed by atoms with Crippen LogP contribution in [0, 0.1) is 6.92 Å². The first-order valence-electron chi connectivity index (χ1n) is 9.38. The maximum atomic E-state index is 9.60. The molecular formula is C21H24N4O3. The number of ether oxygens (including phenoxy) is 2. The van der Waals surface area contributed by atoms with Gasteiger partial charge in [-0.3, -0.25) is 0 Å². The molecule has 7 nitrogen and oxygen atoms in total. The molecule has 0 saturated carbocycles. The molecule has 0 spiro atoms. The van der Waals surface area contributed by atoms with Gasteiger partial charge < -0.3 is 19.5 Å². The van der Waals surface area contributed by atoms with Gasteiger partial charge in [-0.05, 0) is 44.2 Å². The molecule has 3 aromatic rings. The lowest BCUT2D eigenvalue weighted by molar-refractivity contribution is 0.0986. The van der Waals surface area contributed by atoms with Crippen LogP contribution in [0.5, 0.6) is 5.75 Å². The highest BCUT2D eigenvalue weighted by Crippen LogP contribution is 2.30. The maximum Gasteiger partial charge on any atom is 0.165 e. The van der Waals surface area contributed by atoms with Gasteiger partial charge in [0.05, 0.1) is 44.1 Å². The molecule has 7 heteroatoms. The minimum atomic E-state index is -0.0923. The molecule has 0 aliphatic carbocycles. The third kappa shape index (κ3) is 3.39. The summed E-state index contributed by atoms with van der Waals surface area (Å²) < 4.78 is 10.9. The third-order valence-electron chi connectivity index (χ3n) is 5.04. The van der Waals surface area contributed by atoms with E-state index in [1.54, 1.807) is 7.11 Å².